The van der Waals surface area contributed by atoms with Crippen LogP contribution < -0.4 is 9.47 Å². The van der Waals surface area contributed by atoms with E-state index in [9.17, 15) is 0 Å². The first-order chi connectivity index (χ1) is 8.81. The van der Waals surface area contributed by atoms with Gasteiger partial charge in [-0.3, -0.25) is 0 Å². The van der Waals surface area contributed by atoms with Crippen LogP contribution in [-0.2, 0) is 6.42 Å². The Kier molecular flexibility index (Phi) is 10.2. The number of ether oxygens (including phenoxy) is 2. The van der Waals surface area contributed by atoms with Gasteiger partial charge in [0.2, 0.25) is 0 Å². The van der Waals surface area contributed by atoms with Crippen molar-refractivity contribution in [1.29, 1.82) is 0 Å². The Labute approximate surface area is 112 Å². The maximum Gasteiger partial charge on any atom is 0.160 e. The van der Waals surface area contributed by atoms with Crippen molar-refractivity contribution in [1.82, 2.24) is 0 Å². The molecule has 1 aromatic carbocycles. The van der Waals surface area contributed by atoms with E-state index >= 15 is 0 Å². The number of hydrogen-bond acceptors (Lipinski definition) is 2. The molecule has 0 fully saturated rings. The molecule has 18 heavy (non-hydrogen) atoms. The lowest BCUT2D eigenvalue weighted by atomic mass is 10.1. The number of hydrogen-bond donors (Lipinski definition) is 0. The molecule has 0 heterocycles. The molecule has 0 spiro atoms. The standard InChI is InChI=1S/C14H22O2.C2H6/c1-4-5-6-7-8-12-9-10-13(15-2)14(11-12)16-3;1-2/h9-11H,4-8H2,1-3H3;1-2H3. The first-order valence-electron chi connectivity index (χ1n) is 7.02. The van der Waals surface area contributed by atoms with Crippen molar-refractivity contribution in [2.45, 2.75) is 52.9 Å². The lowest BCUT2D eigenvalue weighted by Gasteiger charge is -2.09. The van der Waals surface area contributed by atoms with Gasteiger partial charge in [-0.25, -0.2) is 0 Å². The summed E-state index contributed by atoms with van der Waals surface area (Å²) in [6, 6.07) is 6.17. The minimum Gasteiger partial charge on any atom is -0.493 e. The second-order valence-corrected chi connectivity index (χ2v) is 4.00. The maximum absolute atomic E-state index is 5.28. The molecule has 2 heteroatoms. The van der Waals surface area contributed by atoms with Gasteiger partial charge in [0.1, 0.15) is 0 Å². The summed E-state index contributed by atoms with van der Waals surface area (Å²) in [4.78, 5) is 0. The van der Waals surface area contributed by atoms with Crippen molar-refractivity contribution < 1.29 is 9.47 Å². The molecule has 0 unspecified atom stereocenters. The van der Waals surface area contributed by atoms with Crippen molar-refractivity contribution in [3.8, 4) is 11.5 Å². The monoisotopic (exact) mass is 252 g/mol. The van der Waals surface area contributed by atoms with Crippen LogP contribution in [-0.4, -0.2) is 14.2 Å². The van der Waals surface area contributed by atoms with Crippen molar-refractivity contribution in [2.75, 3.05) is 14.2 Å². The number of unbranched alkanes of at least 4 members (excludes halogenated alkanes) is 3. The van der Waals surface area contributed by atoms with Crippen molar-refractivity contribution in [3.05, 3.63) is 23.8 Å². The van der Waals surface area contributed by atoms with Gasteiger partial charge in [0.15, 0.2) is 11.5 Å². The fourth-order valence-electron chi connectivity index (χ4n) is 1.79. The number of aryl methyl sites for hydroxylation is 1. The SMILES string of the molecule is CC.CCCCCCc1ccc(OC)c(OC)c1. The molecule has 2 nitrogen and oxygen atoms in total. The lowest BCUT2D eigenvalue weighted by molar-refractivity contribution is 0.354. The van der Waals surface area contributed by atoms with Gasteiger partial charge in [0.25, 0.3) is 0 Å². The second-order valence-electron chi connectivity index (χ2n) is 4.00. The van der Waals surface area contributed by atoms with Gasteiger partial charge >= 0.3 is 0 Å². The number of rotatable bonds is 7. The van der Waals surface area contributed by atoms with Crippen LogP contribution in [0.15, 0.2) is 18.2 Å². The van der Waals surface area contributed by atoms with Crippen molar-refractivity contribution in [2.24, 2.45) is 0 Å². The quantitative estimate of drug-likeness (QED) is 0.646. The molecule has 1 rings (SSSR count). The van der Waals surface area contributed by atoms with E-state index < -0.39 is 0 Å². The Bertz CT molecular complexity index is 308. The molecule has 0 bridgehead atoms. The molecule has 0 atom stereocenters. The normalized spacial score (nSPS) is 9.39. The Morgan fingerprint density at radius 1 is 0.889 bits per heavy atom. The van der Waals surface area contributed by atoms with Gasteiger partial charge in [-0.05, 0) is 30.5 Å². The highest BCUT2D eigenvalue weighted by Crippen LogP contribution is 2.28. The second kappa shape index (κ2) is 10.9. The third-order valence-electron chi connectivity index (χ3n) is 2.77. The van der Waals surface area contributed by atoms with Crippen LogP contribution in [0.5, 0.6) is 11.5 Å². The van der Waals surface area contributed by atoms with Crippen LogP contribution in [0.1, 0.15) is 52.0 Å². The largest absolute Gasteiger partial charge is 0.493 e. The Morgan fingerprint density at radius 3 is 2.11 bits per heavy atom. The minimum absolute atomic E-state index is 0.805. The van der Waals surface area contributed by atoms with E-state index in [2.05, 4.69) is 19.1 Å². The van der Waals surface area contributed by atoms with Crippen molar-refractivity contribution in [3.63, 3.8) is 0 Å². The summed E-state index contributed by atoms with van der Waals surface area (Å²) in [6.45, 7) is 6.23. The fourth-order valence-corrected chi connectivity index (χ4v) is 1.79. The van der Waals surface area contributed by atoms with Crippen LogP contribution >= 0.6 is 0 Å². The molecule has 0 saturated carbocycles. The predicted octanol–water partition coefficient (Wildman–Crippen LogP) is 4.85. The van der Waals surface area contributed by atoms with Crippen molar-refractivity contribution >= 4 is 0 Å². The van der Waals surface area contributed by atoms with Gasteiger partial charge in [0.05, 0.1) is 14.2 Å². The van der Waals surface area contributed by atoms with Gasteiger partial charge in [-0.1, -0.05) is 46.1 Å². The van der Waals surface area contributed by atoms with Gasteiger partial charge < -0.3 is 9.47 Å². The minimum atomic E-state index is 0.805. The van der Waals surface area contributed by atoms with Crippen LogP contribution in [0.2, 0.25) is 0 Å². The molecular weight excluding hydrogens is 224 g/mol. The molecule has 1 aromatic rings. The Morgan fingerprint density at radius 2 is 1.56 bits per heavy atom. The maximum atomic E-state index is 5.28. The highest BCUT2D eigenvalue weighted by molar-refractivity contribution is 5.42. The summed E-state index contributed by atoms with van der Waals surface area (Å²) in [6.07, 6.45) is 6.30. The smallest absolute Gasteiger partial charge is 0.160 e. The van der Waals surface area contributed by atoms with E-state index in [-0.39, 0.29) is 0 Å². The summed E-state index contributed by atoms with van der Waals surface area (Å²) in [5.74, 6) is 1.63. The summed E-state index contributed by atoms with van der Waals surface area (Å²) in [5, 5.41) is 0. The van der Waals surface area contributed by atoms with E-state index in [0.29, 0.717) is 0 Å². The molecule has 0 amide bonds. The summed E-state index contributed by atoms with van der Waals surface area (Å²) < 4.78 is 10.5. The van der Waals surface area contributed by atoms with E-state index in [4.69, 9.17) is 9.47 Å². The molecule has 0 radical (unpaired) electrons. The predicted molar refractivity (Wildman–Crippen MR) is 78.7 cm³/mol. The molecule has 0 aromatic heterocycles. The number of benzene rings is 1. The van der Waals surface area contributed by atoms with Crippen LogP contribution in [0.3, 0.4) is 0 Å². The average Bonchev–Trinajstić information content (AvgIpc) is 2.45. The molecule has 0 saturated heterocycles. The summed E-state index contributed by atoms with van der Waals surface area (Å²) >= 11 is 0. The molecular formula is C16H28O2. The van der Waals surface area contributed by atoms with Gasteiger partial charge in [-0.2, -0.15) is 0 Å². The zero-order valence-electron chi connectivity index (χ0n) is 12.6. The van der Waals surface area contributed by atoms with Gasteiger partial charge in [-0.15, -0.1) is 0 Å². The Balaban J connectivity index is 0.00000137. The van der Waals surface area contributed by atoms with E-state index in [1.54, 1.807) is 14.2 Å². The molecule has 0 N–H and O–H groups in total. The van der Waals surface area contributed by atoms with Crippen LogP contribution in [0.4, 0.5) is 0 Å². The molecule has 0 aliphatic rings. The van der Waals surface area contributed by atoms with Gasteiger partial charge in [0, 0.05) is 0 Å². The van der Waals surface area contributed by atoms with Crippen LogP contribution in [0, 0.1) is 0 Å². The molecule has 104 valence electrons. The summed E-state index contributed by atoms with van der Waals surface area (Å²) in [7, 11) is 3.34. The number of methoxy groups -OCH3 is 2. The third-order valence-corrected chi connectivity index (χ3v) is 2.77. The molecule has 0 aliphatic heterocycles. The topological polar surface area (TPSA) is 18.5 Å². The van der Waals surface area contributed by atoms with E-state index in [1.165, 1.54) is 31.2 Å². The zero-order valence-corrected chi connectivity index (χ0v) is 12.6. The average molecular weight is 252 g/mol. The van der Waals surface area contributed by atoms with Crippen LogP contribution in [0.25, 0.3) is 0 Å². The zero-order chi connectivity index (χ0) is 13.8. The summed E-state index contributed by atoms with van der Waals surface area (Å²) in [5.41, 5.74) is 1.33. The van der Waals surface area contributed by atoms with E-state index in [0.717, 1.165) is 17.9 Å². The third kappa shape index (κ3) is 5.95. The highest BCUT2D eigenvalue weighted by Gasteiger charge is 2.03. The lowest BCUT2D eigenvalue weighted by Crippen LogP contribution is -1.93. The molecule has 0 aliphatic carbocycles. The highest BCUT2D eigenvalue weighted by atomic mass is 16.5. The fraction of sp³-hybridized carbons (Fsp3) is 0.625. The van der Waals surface area contributed by atoms with E-state index in [1.807, 2.05) is 19.9 Å². The first-order valence-corrected chi connectivity index (χ1v) is 7.02. The Hall–Kier alpha value is -1.18. The first kappa shape index (κ1) is 16.8.